The summed E-state index contributed by atoms with van der Waals surface area (Å²) in [7, 11) is 0. The van der Waals surface area contributed by atoms with Crippen LogP contribution in [0.2, 0.25) is 0 Å². The topological polar surface area (TPSA) is 33.1 Å². The Bertz CT molecular complexity index is 351. The summed E-state index contributed by atoms with van der Waals surface area (Å²) < 4.78 is 2.06. The Balaban J connectivity index is 0. The van der Waals surface area contributed by atoms with Crippen molar-refractivity contribution in [3.05, 3.63) is 17.5 Å². The maximum Gasteiger partial charge on any atom is 0.0638 e. The molecule has 0 radical (unpaired) electrons. The standard InChI is InChI=1S/C15H30N4.2ClH/c1-5-10-19-13-15(14(4)17-19)12-16-9-8-11-18(6-2)7-3;;/h13,16H,5-12H2,1-4H3;2*1H. The molecule has 1 aromatic heterocycles. The SMILES string of the molecule is CCCn1cc(CNCCCN(CC)CC)c(C)n1.Cl.Cl. The molecule has 0 aliphatic rings. The van der Waals surface area contributed by atoms with Crippen LogP contribution in [0, 0.1) is 6.92 Å². The first-order chi connectivity index (χ1) is 9.21. The van der Waals surface area contributed by atoms with Crippen molar-refractivity contribution in [2.24, 2.45) is 0 Å². The molecule has 0 atom stereocenters. The molecule has 1 N–H and O–H groups in total. The molecule has 4 nitrogen and oxygen atoms in total. The third kappa shape index (κ3) is 8.67. The average Bonchev–Trinajstić information content (AvgIpc) is 2.75. The van der Waals surface area contributed by atoms with Gasteiger partial charge in [0.05, 0.1) is 5.69 Å². The van der Waals surface area contributed by atoms with Crippen LogP contribution in [0.1, 0.15) is 44.9 Å². The lowest BCUT2D eigenvalue weighted by Gasteiger charge is -2.17. The minimum Gasteiger partial charge on any atom is -0.312 e. The van der Waals surface area contributed by atoms with Crippen molar-refractivity contribution in [1.29, 1.82) is 0 Å². The van der Waals surface area contributed by atoms with Crippen molar-refractivity contribution >= 4 is 24.8 Å². The van der Waals surface area contributed by atoms with Crippen molar-refractivity contribution < 1.29 is 0 Å². The largest absolute Gasteiger partial charge is 0.312 e. The van der Waals surface area contributed by atoms with E-state index in [4.69, 9.17) is 0 Å². The third-order valence-electron chi connectivity index (χ3n) is 3.54. The van der Waals surface area contributed by atoms with Crippen molar-refractivity contribution in [2.45, 2.75) is 53.6 Å². The second-order valence-electron chi connectivity index (χ2n) is 5.06. The maximum absolute atomic E-state index is 4.52. The highest BCUT2D eigenvalue weighted by Crippen LogP contribution is 2.05. The zero-order valence-electron chi connectivity index (χ0n) is 13.9. The summed E-state index contributed by atoms with van der Waals surface area (Å²) in [6, 6.07) is 0. The molecule has 0 saturated heterocycles. The minimum atomic E-state index is 0. The Morgan fingerprint density at radius 2 is 1.86 bits per heavy atom. The zero-order chi connectivity index (χ0) is 14.1. The van der Waals surface area contributed by atoms with E-state index >= 15 is 0 Å². The number of hydrogen-bond acceptors (Lipinski definition) is 3. The number of hydrogen-bond donors (Lipinski definition) is 1. The van der Waals surface area contributed by atoms with E-state index in [1.54, 1.807) is 0 Å². The summed E-state index contributed by atoms with van der Waals surface area (Å²) in [5.74, 6) is 0. The molecule has 0 aliphatic heterocycles. The van der Waals surface area contributed by atoms with Gasteiger partial charge < -0.3 is 10.2 Å². The molecule has 21 heavy (non-hydrogen) atoms. The number of halogens is 2. The summed E-state index contributed by atoms with van der Waals surface area (Å²) in [4.78, 5) is 2.46. The van der Waals surface area contributed by atoms with Crippen molar-refractivity contribution in [2.75, 3.05) is 26.2 Å². The summed E-state index contributed by atoms with van der Waals surface area (Å²) in [6.45, 7) is 15.3. The molecule has 126 valence electrons. The second kappa shape index (κ2) is 13.4. The van der Waals surface area contributed by atoms with Crippen LogP contribution in [-0.4, -0.2) is 40.9 Å². The Labute approximate surface area is 142 Å². The lowest BCUT2D eigenvalue weighted by atomic mass is 10.2. The number of nitrogens with one attached hydrogen (secondary N) is 1. The van der Waals surface area contributed by atoms with Crippen LogP contribution in [-0.2, 0) is 13.1 Å². The molecule has 0 unspecified atom stereocenters. The van der Waals surface area contributed by atoms with Crippen LogP contribution >= 0.6 is 24.8 Å². The van der Waals surface area contributed by atoms with E-state index in [-0.39, 0.29) is 24.8 Å². The normalized spacial score (nSPS) is 10.3. The number of aromatic nitrogens is 2. The Hall–Kier alpha value is -0.290. The van der Waals surface area contributed by atoms with Crippen molar-refractivity contribution in [3.8, 4) is 0 Å². The van der Waals surface area contributed by atoms with E-state index in [2.05, 4.69) is 53.9 Å². The van der Waals surface area contributed by atoms with Crippen molar-refractivity contribution in [1.82, 2.24) is 20.0 Å². The molecule has 0 amide bonds. The fourth-order valence-electron chi connectivity index (χ4n) is 2.27. The van der Waals surface area contributed by atoms with Crippen LogP contribution in [0.5, 0.6) is 0 Å². The third-order valence-corrected chi connectivity index (χ3v) is 3.54. The van der Waals surface area contributed by atoms with Gasteiger partial charge in [0.15, 0.2) is 0 Å². The first-order valence-electron chi connectivity index (χ1n) is 7.67. The molecule has 1 rings (SSSR count). The molecule has 0 fully saturated rings. The maximum atomic E-state index is 4.52. The summed E-state index contributed by atoms with van der Waals surface area (Å²) in [5.41, 5.74) is 2.49. The number of aryl methyl sites for hydroxylation is 2. The van der Waals surface area contributed by atoms with Gasteiger partial charge in [-0.05, 0) is 45.9 Å². The van der Waals surface area contributed by atoms with Crippen molar-refractivity contribution in [3.63, 3.8) is 0 Å². The van der Waals surface area contributed by atoms with Gasteiger partial charge in [-0.2, -0.15) is 5.10 Å². The molecule has 1 aromatic rings. The second-order valence-corrected chi connectivity index (χ2v) is 5.06. The number of nitrogens with zero attached hydrogens (tertiary/aromatic N) is 3. The first kappa shape index (κ1) is 23.0. The molecule has 0 bridgehead atoms. The van der Waals surface area contributed by atoms with Gasteiger partial charge >= 0.3 is 0 Å². The lowest BCUT2D eigenvalue weighted by Crippen LogP contribution is -2.27. The quantitative estimate of drug-likeness (QED) is 0.664. The predicted octanol–water partition coefficient (Wildman–Crippen LogP) is 3.27. The van der Waals surface area contributed by atoms with Gasteiger partial charge in [0.1, 0.15) is 0 Å². The van der Waals surface area contributed by atoms with Crippen LogP contribution in [0.4, 0.5) is 0 Å². The van der Waals surface area contributed by atoms with E-state index in [0.29, 0.717) is 0 Å². The average molecular weight is 339 g/mol. The Morgan fingerprint density at radius 3 is 2.43 bits per heavy atom. The van der Waals surface area contributed by atoms with E-state index in [0.717, 1.165) is 44.8 Å². The van der Waals surface area contributed by atoms with Gasteiger partial charge in [-0.25, -0.2) is 0 Å². The van der Waals surface area contributed by atoms with E-state index in [1.165, 1.54) is 18.5 Å². The predicted molar refractivity (Wildman–Crippen MR) is 95.9 cm³/mol. The minimum absolute atomic E-state index is 0. The Morgan fingerprint density at radius 1 is 1.19 bits per heavy atom. The molecule has 0 saturated carbocycles. The monoisotopic (exact) mass is 338 g/mol. The molecular formula is C15H32Cl2N4. The van der Waals surface area contributed by atoms with Gasteiger partial charge in [0, 0.05) is 24.8 Å². The molecule has 0 aliphatic carbocycles. The van der Waals surface area contributed by atoms with Gasteiger partial charge in [-0.15, -0.1) is 24.8 Å². The highest BCUT2D eigenvalue weighted by atomic mass is 35.5. The summed E-state index contributed by atoms with van der Waals surface area (Å²) in [6.07, 6.45) is 4.53. The summed E-state index contributed by atoms with van der Waals surface area (Å²) >= 11 is 0. The molecule has 0 aromatic carbocycles. The van der Waals surface area contributed by atoms with E-state index in [1.807, 2.05) is 0 Å². The molecule has 1 heterocycles. The van der Waals surface area contributed by atoms with Crippen LogP contribution in [0.3, 0.4) is 0 Å². The zero-order valence-corrected chi connectivity index (χ0v) is 15.5. The fraction of sp³-hybridized carbons (Fsp3) is 0.800. The van der Waals surface area contributed by atoms with Crippen LogP contribution in [0.15, 0.2) is 6.20 Å². The van der Waals surface area contributed by atoms with Gasteiger partial charge in [0.25, 0.3) is 0 Å². The molecule has 6 heteroatoms. The van der Waals surface area contributed by atoms with E-state index in [9.17, 15) is 0 Å². The Kier molecular flexibility index (Phi) is 14.6. The molecular weight excluding hydrogens is 307 g/mol. The summed E-state index contributed by atoms with van der Waals surface area (Å²) in [5, 5.41) is 8.04. The first-order valence-corrected chi connectivity index (χ1v) is 7.67. The van der Waals surface area contributed by atoms with Gasteiger partial charge in [0.2, 0.25) is 0 Å². The smallest absolute Gasteiger partial charge is 0.0638 e. The van der Waals surface area contributed by atoms with Crippen LogP contribution < -0.4 is 5.32 Å². The lowest BCUT2D eigenvalue weighted by molar-refractivity contribution is 0.298. The van der Waals surface area contributed by atoms with Crippen LogP contribution in [0.25, 0.3) is 0 Å². The van der Waals surface area contributed by atoms with Gasteiger partial charge in [-0.3, -0.25) is 4.68 Å². The van der Waals surface area contributed by atoms with Gasteiger partial charge in [-0.1, -0.05) is 20.8 Å². The molecule has 0 spiro atoms. The number of rotatable bonds is 10. The highest BCUT2D eigenvalue weighted by Gasteiger charge is 2.04. The highest BCUT2D eigenvalue weighted by molar-refractivity contribution is 5.85. The fourth-order valence-corrected chi connectivity index (χ4v) is 2.27. The van der Waals surface area contributed by atoms with E-state index < -0.39 is 0 Å².